The molecule has 9 aromatic rings. The summed E-state index contributed by atoms with van der Waals surface area (Å²) in [6.07, 6.45) is 0. The van der Waals surface area contributed by atoms with Crippen molar-refractivity contribution >= 4 is 129 Å². The fraction of sp³-hybridized carbons (Fsp3) is 0.130. The number of nitrogen functional groups attached to an aromatic ring is 1. The van der Waals surface area contributed by atoms with E-state index >= 15 is 0 Å². The van der Waals surface area contributed by atoms with Gasteiger partial charge in [0.05, 0.1) is 52.8 Å². The van der Waals surface area contributed by atoms with Gasteiger partial charge in [0.15, 0.2) is 0 Å². The molecule has 2 N–H and O–H groups in total. The molecule has 9 rings (SSSR count). The number of alkyl halides is 2. The Balaban J connectivity index is 0.000000161. The van der Waals surface area contributed by atoms with Crippen LogP contribution in [0.25, 0.3) is 64.0 Å². The number of halogens is 5. The standard InChI is InChI=1S/C15H13NS.C14H10INS.C14H12N2S.C3H3F3O4S.Cu.HI/c1-10-8-14-15(17-11(2)16-14)9-13(10)12-6-4-3-5-7-12;2*1-9-16-13-8-12(15)11(7-14(13)17-9)10-5-3-2-4-6-10;1-10-2(7)3(4,5)11(6,8)9;;/h3-9H,1-2H3;2-8H,1H3;2-8H,15H2,1H3;1H3;;1H/q;;;;+1;/p-1. The average Bonchev–Trinajstić information content (AvgIpc) is 3.96. The molecule has 64 heavy (non-hydrogen) atoms. The molecule has 0 aliphatic rings. The molecule has 336 valence electrons. The van der Waals surface area contributed by atoms with Crippen molar-refractivity contribution < 1.29 is 43.4 Å². The van der Waals surface area contributed by atoms with Crippen LogP contribution in [0.15, 0.2) is 127 Å². The number of thiazole rings is 3. The van der Waals surface area contributed by atoms with Crippen molar-refractivity contribution in [3.63, 3.8) is 0 Å². The van der Waals surface area contributed by atoms with Gasteiger partial charge < -0.3 is 10.5 Å². The zero-order valence-electron chi connectivity index (χ0n) is 34.5. The van der Waals surface area contributed by atoms with E-state index in [-0.39, 0.29) is 0 Å². The summed E-state index contributed by atoms with van der Waals surface area (Å²) in [5, 5.41) is -1.78. The number of aromatic nitrogens is 3. The van der Waals surface area contributed by atoms with E-state index in [0.717, 1.165) is 48.4 Å². The summed E-state index contributed by atoms with van der Waals surface area (Å²) in [7, 11) is -5.71. The first-order valence-corrected chi connectivity index (χ1v) is 26.7. The zero-order chi connectivity index (χ0) is 46.8. The van der Waals surface area contributed by atoms with E-state index in [9.17, 15) is 25.9 Å². The predicted molar refractivity (Wildman–Crippen MR) is 272 cm³/mol. The Morgan fingerprint density at radius 3 is 1.39 bits per heavy atom. The van der Waals surface area contributed by atoms with Gasteiger partial charge in [-0.3, -0.25) is 0 Å². The van der Waals surface area contributed by atoms with Crippen molar-refractivity contribution in [2.75, 3.05) is 12.8 Å². The number of fused-ring (bicyclic) bond motifs is 3. The second-order valence-electron chi connectivity index (χ2n) is 13.6. The third-order valence-electron chi connectivity index (χ3n) is 9.08. The maximum atomic E-state index is 11.9. The molecular formula is C46H38CuF3I2N4O4S4. The molecule has 0 bridgehead atoms. The van der Waals surface area contributed by atoms with E-state index in [0.29, 0.717) is 7.11 Å². The molecule has 3 aromatic heterocycles. The van der Waals surface area contributed by atoms with Crippen LogP contribution >= 0.6 is 76.9 Å². The number of carbonyl (C=O) groups is 1. The van der Waals surface area contributed by atoms with E-state index in [1.807, 2.05) is 43.3 Å². The Morgan fingerprint density at radius 2 is 0.984 bits per heavy atom. The van der Waals surface area contributed by atoms with Gasteiger partial charge in [0.25, 0.3) is 0 Å². The number of ether oxygens (including phenoxy) is 1. The van der Waals surface area contributed by atoms with Crippen molar-refractivity contribution in [1.29, 1.82) is 0 Å². The molecule has 0 amide bonds. The number of hydrogen-bond donors (Lipinski definition) is 1. The van der Waals surface area contributed by atoms with Gasteiger partial charge in [-0.25, -0.2) is 19.7 Å². The number of nitrogens with zero attached hydrogens (tertiary/aromatic N) is 3. The number of aryl methyl sites for hydroxylation is 4. The SMILES string of the molecule is COC(=O)C(F)(F)S(=O)(=O)F.Cc1nc2cc(C)c(-c3ccccc3)cc2s1.Cc1nc2cc(I)c(-c3ccccc3)cc2s1.Cc1nc2cc(N)c(-c3ccccc3)cc2s1.[Cu][I]. The molecule has 0 saturated heterocycles. The van der Waals surface area contributed by atoms with Gasteiger partial charge in [0.1, 0.15) is 0 Å². The summed E-state index contributed by atoms with van der Waals surface area (Å²) >= 11 is 13.5. The first kappa shape index (κ1) is 51.0. The summed E-state index contributed by atoms with van der Waals surface area (Å²) in [6, 6.07) is 44.2. The first-order chi connectivity index (χ1) is 30.4. The molecule has 8 nitrogen and oxygen atoms in total. The van der Waals surface area contributed by atoms with Crippen LogP contribution in [0.3, 0.4) is 0 Å². The summed E-state index contributed by atoms with van der Waals surface area (Å²) < 4.78 is 62.7. The number of esters is 1. The van der Waals surface area contributed by atoms with Crippen LogP contribution in [0.4, 0.5) is 18.4 Å². The third-order valence-corrected chi connectivity index (χ3v) is 13.5. The fourth-order valence-corrected chi connectivity index (χ4v) is 9.81. The van der Waals surface area contributed by atoms with Crippen LogP contribution in [-0.4, -0.2) is 41.7 Å². The minimum absolute atomic E-state index is 0.515. The average molecular weight is 1210 g/mol. The van der Waals surface area contributed by atoms with Crippen LogP contribution in [-0.2, 0) is 32.5 Å². The van der Waals surface area contributed by atoms with Crippen LogP contribution in [0.5, 0.6) is 0 Å². The monoisotopic (exact) mass is 1210 g/mol. The van der Waals surface area contributed by atoms with E-state index < -0.39 is 21.4 Å². The molecule has 0 fully saturated rings. The number of carbonyl (C=O) groups excluding carboxylic acids is 1. The maximum absolute atomic E-state index is 11.9. The van der Waals surface area contributed by atoms with Gasteiger partial charge in [-0.2, -0.15) is 17.2 Å². The number of anilines is 1. The normalized spacial score (nSPS) is 11.0. The van der Waals surface area contributed by atoms with Gasteiger partial charge in [-0.1, -0.05) is 94.9 Å². The minimum atomic E-state index is -6.22. The Hall–Kier alpha value is -4.02. The molecule has 0 aliphatic carbocycles. The van der Waals surface area contributed by atoms with Gasteiger partial charge in [-0.15, -0.1) is 34.0 Å². The van der Waals surface area contributed by atoms with Gasteiger partial charge >= 0.3 is 54.6 Å². The van der Waals surface area contributed by atoms with Crippen molar-refractivity contribution in [3.05, 3.63) is 152 Å². The number of benzene rings is 6. The van der Waals surface area contributed by atoms with Gasteiger partial charge in [-0.05, 0) is 120 Å². The molecule has 0 spiro atoms. The zero-order valence-corrected chi connectivity index (χ0v) is 43.0. The predicted octanol–water partition coefficient (Wildman–Crippen LogP) is 14.2. The van der Waals surface area contributed by atoms with E-state index in [2.05, 4.69) is 167 Å². The third kappa shape index (κ3) is 12.9. The van der Waals surface area contributed by atoms with Crippen LogP contribution in [0.1, 0.15) is 20.6 Å². The summed E-state index contributed by atoms with van der Waals surface area (Å²) in [5.41, 5.74) is 18.8. The van der Waals surface area contributed by atoms with Crippen molar-refractivity contribution in [2.24, 2.45) is 0 Å². The van der Waals surface area contributed by atoms with E-state index in [4.69, 9.17) is 5.73 Å². The molecule has 18 heteroatoms. The first-order valence-electron chi connectivity index (χ1n) is 18.7. The Labute approximate surface area is 414 Å². The van der Waals surface area contributed by atoms with E-state index in [1.54, 1.807) is 54.4 Å². The van der Waals surface area contributed by atoms with Gasteiger partial charge in [0, 0.05) is 14.8 Å². The Morgan fingerprint density at radius 1 is 0.625 bits per heavy atom. The second-order valence-corrected chi connectivity index (χ2v) is 19.8. The molecule has 3 heterocycles. The van der Waals surface area contributed by atoms with Crippen molar-refractivity contribution in [3.8, 4) is 33.4 Å². The van der Waals surface area contributed by atoms with Crippen molar-refractivity contribution in [1.82, 2.24) is 15.0 Å². The molecule has 0 radical (unpaired) electrons. The molecule has 0 atom stereocenters. The number of rotatable bonds is 5. The molecule has 0 unspecified atom stereocenters. The Kier molecular flexibility index (Phi) is 18.3. The topological polar surface area (TPSA) is 125 Å². The number of methoxy groups -OCH3 is 1. The number of hydrogen-bond acceptors (Lipinski definition) is 11. The summed E-state index contributed by atoms with van der Waals surface area (Å²) in [5.74, 6) is -2.44. The van der Waals surface area contributed by atoms with Crippen LogP contribution in [0.2, 0.25) is 0 Å². The molecule has 6 aromatic carbocycles. The fourth-order valence-electron chi connectivity index (χ4n) is 6.22. The molecular weight excluding hydrogens is 1180 g/mol. The van der Waals surface area contributed by atoms with Gasteiger partial charge in [0.2, 0.25) is 0 Å². The Bertz CT molecular complexity index is 2830. The van der Waals surface area contributed by atoms with E-state index in [1.165, 1.54) is 45.5 Å². The summed E-state index contributed by atoms with van der Waals surface area (Å²) in [6.45, 7) is 8.28. The molecule has 0 saturated carbocycles. The van der Waals surface area contributed by atoms with Crippen LogP contribution in [0, 0.1) is 31.3 Å². The summed E-state index contributed by atoms with van der Waals surface area (Å²) in [4.78, 5) is 23.4. The quantitative estimate of drug-likeness (QED) is 0.0594. The number of nitrogens with two attached hydrogens (primary N) is 1. The second kappa shape index (κ2) is 22.9. The molecule has 0 aliphatic heterocycles. The van der Waals surface area contributed by atoms with Crippen LogP contribution < -0.4 is 5.73 Å². The van der Waals surface area contributed by atoms with Crippen molar-refractivity contribution in [2.45, 2.75) is 32.9 Å².